The SMILES string of the molecule is CC(C)Nc1cc(N2CCN(c3ncccn3)CC2)ncn1. The van der Waals surface area contributed by atoms with Gasteiger partial charge in [0.25, 0.3) is 0 Å². The van der Waals surface area contributed by atoms with Crippen molar-refractivity contribution in [2.45, 2.75) is 19.9 Å². The van der Waals surface area contributed by atoms with E-state index in [2.05, 4.69) is 48.9 Å². The Labute approximate surface area is 130 Å². The van der Waals surface area contributed by atoms with Crippen molar-refractivity contribution in [3.05, 3.63) is 30.9 Å². The molecule has 1 aliphatic heterocycles. The molecule has 0 aliphatic carbocycles. The van der Waals surface area contributed by atoms with Gasteiger partial charge in [0.2, 0.25) is 5.95 Å². The van der Waals surface area contributed by atoms with E-state index >= 15 is 0 Å². The first-order chi connectivity index (χ1) is 10.7. The smallest absolute Gasteiger partial charge is 0.225 e. The van der Waals surface area contributed by atoms with Crippen molar-refractivity contribution < 1.29 is 0 Å². The summed E-state index contributed by atoms with van der Waals surface area (Å²) in [7, 11) is 0. The predicted molar refractivity (Wildman–Crippen MR) is 87.2 cm³/mol. The third-order valence-electron chi connectivity index (χ3n) is 3.53. The molecule has 0 atom stereocenters. The zero-order valence-electron chi connectivity index (χ0n) is 13.0. The number of piperazine rings is 1. The molecule has 2 aromatic heterocycles. The monoisotopic (exact) mass is 299 g/mol. The summed E-state index contributed by atoms with van der Waals surface area (Å²) in [6, 6.07) is 4.20. The number of rotatable bonds is 4. The van der Waals surface area contributed by atoms with E-state index in [9.17, 15) is 0 Å². The number of hydrogen-bond acceptors (Lipinski definition) is 7. The van der Waals surface area contributed by atoms with Gasteiger partial charge in [-0.15, -0.1) is 0 Å². The topological polar surface area (TPSA) is 70.1 Å². The second-order valence-electron chi connectivity index (χ2n) is 5.58. The standard InChI is InChI=1S/C15H21N7/c1-12(2)20-13-10-14(19-11-18-13)21-6-8-22(9-7-21)15-16-4-3-5-17-15/h3-5,10-12H,6-9H2,1-2H3,(H,18,19,20). The van der Waals surface area contributed by atoms with Gasteiger partial charge in [-0.3, -0.25) is 0 Å². The molecule has 22 heavy (non-hydrogen) atoms. The maximum atomic E-state index is 4.39. The summed E-state index contributed by atoms with van der Waals surface area (Å²) < 4.78 is 0. The number of nitrogens with zero attached hydrogens (tertiary/aromatic N) is 6. The molecule has 0 bridgehead atoms. The van der Waals surface area contributed by atoms with Gasteiger partial charge in [-0.25, -0.2) is 19.9 Å². The summed E-state index contributed by atoms with van der Waals surface area (Å²) in [5.74, 6) is 2.63. The number of aromatic nitrogens is 4. The van der Waals surface area contributed by atoms with Crippen molar-refractivity contribution in [1.82, 2.24) is 19.9 Å². The molecule has 116 valence electrons. The number of nitrogens with one attached hydrogen (secondary N) is 1. The second-order valence-corrected chi connectivity index (χ2v) is 5.58. The minimum atomic E-state index is 0.356. The summed E-state index contributed by atoms with van der Waals surface area (Å²) in [6.45, 7) is 7.77. The van der Waals surface area contributed by atoms with E-state index in [4.69, 9.17) is 0 Å². The highest BCUT2D eigenvalue weighted by Gasteiger charge is 2.20. The highest BCUT2D eigenvalue weighted by Crippen LogP contribution is 2.18. The number of hydrogen-bond donors (Lipinski definition) is 1. The molecule has 0 saturated carbocycles. The van der Waals surface area contributed by atoms with Crippen LogP contribution in [0.4, 0.5) is 17.6 Å². The van der Waals surface area contributed by atoms with Crippen molar-refractivity contribution in [3.63, 3.8) is 0 Å². The molecule has 0 spiro atoms. The van der Waals surface area contributed by atoms with E-state index in [0.29, 0.717) is 6.04 Å². The highest BCUT2D eigenvalue weighted by atomic mass is 15.3. The van der Waals surface area contributed by atoms with Crippen molar-refractivity contribution in [2.75, 3.05) is 41.3 Å². The Hall–Kier alpha value is -2.44. The van der Waals surface area contributed by atoms with E-state index < -0.39 is 0 Å². The van der Waals surface area contributed by atoms with Crippen LogP contribution in [0.1, 0.15) is 13.8 Å². The van der Waals surface area contributed by atoms with Crippen LogP contribution in [0.5, 0.6) is 0 Å². The maximum absolute atomic E-state index is 4.39. The van der Waals surface area contributed by atoms with E-state index in [1.807, 2.05) is 12.1 Å². The molecule has 0 unspecified atom stereocenters. The Balaban J connectivity index is 1.64. The fourth-order valence-electron chi connectivity index (χ4n) is 2.48. The molecule has 3 rings (SSSR count). The lowest BCUT2D eigenvalue weighted by Crippen LogP contribution is -2.47. The van der Waals surface area contributed by atoms with Crippen LogP contribution in [0.25, 0.3) is 0 Å². The van der Waals surface area contributed by atoms with Crippen LogP contribution in [-0.4, -0.2) is 52.2 Å². The molecule has 7 nitrogen and oxygen atoms in total. The van der Waals surface area contributed by atoms with Crippen LogP contribution in [0, 0.1) is 0 Å². The molecule has 3 heterocycles. The van der Waals surface area contributed by atoms with Gasteiger partial charge in [-0.1, -0.05) is 0 Å². The van der Waals surface area contributed by atoms with Crippen LogP contribution in [0.15, 0.2) is 30.9 Å². The maximum Gasteiger partial charge on any atom is 0.225 e. The summed E-state index contributed by atoms with van der Waals surface area (Å²) in [6.07, 6.45) is 5.18. The average molecular weight is 299 g/mol. The Bertz CT molecular complexity index is 594. The first-order valence-electron chi connectivity index (χ1n) is 7.58. The van der Waals surface area contributed by atoms with Gasteiger partial charge in [0.1, 0.15) is 18.0 Å². The van der Waals surface area contributed by atoms with Gasteiger partial charge in [0.05, 0.1) is 0 Å². The van der Waals surface area contributed by atoms with Crippen LogP contribution in [0.2, 0.25) is 0 Å². The van der Waals surface area contributed by atoms with Gasteiger partial charge in [0.15, 0.2) is 0 Å². The first-order valence-corrected chi connectivity index (χ1v) is 7.58. The van der Waals surface area contributed by atoms with E-state index in [-0.39, 0.29) is 0 Å². The van der Waals surface area contributed by atoms with Crippen LogP contribution in [0.3, 0.4) is 0 Å². The molecule has 2 aromatic rings. The molecular weight excluding hydrogens is 278 g/mol. The van der Waals surface area contributed by atoms with Crippen LogP contribution >= 0.6 is 0 Å². The Morgan fingerprint density at radius 1 is 0.955 bits per heavy atom. The summed E-state index contributed by atoms with van der Waals surface area (Å²) in [5, 5.41) is 3.31. The van der Waals surface area contributed by atoms with Crippen molar-refractivity contribution >= 4 is 17.6 Å². The molecule has 1 aliphatic rings. The molecule has 1 fully saturated rings. The third kappa shape index (κ3) is 3.41. The van der Waals surface area contributed by atoms with Crippen LogP contribution in [-0.2, 0) is 0 Å². The molecule has 0 amide bonds. The zero-order chi connectivity index (χ0) is 15.4. The molecule has 1 saturated heterocycles. The minimum Gasteiger partial charge on any atom is -0.368 e. The van der Waals surface area contributed by atoms with Crippen molar-refractivity contribution in [3.8, 4) is 0 Å². The Morgan fingerprint density at radius 2 is 1.64 bits per heavy atom. The fraction of sp³-hybridized carbons (Fsp3) is 0.467. The normalized spacial score (nSPS) is 15.2. The lowest BCUT2D eigenvalue weighted by atomic mass is 10.3. The Kier molecular flexibility index (Phi) is 4.32. The molecule has 1 N–H and O–H groups in total. The van der Waals surface area contributed by atoms with E-state index in [0.717, 1.165) is 43.8 Å². The predicted octanol–water partition coefficient (Wildman–Crippen LogP) is 1.41. The van der Waals surface area contributed by atoms with Gasteiger partial charge >= 0.3 is 0 Å². The van der Waals surface area contributed by atoms with Gasteiger partial charge in [0, 0.05) is 50.7 Å². The second kappa shape index (κ2) is 6.55. The lowest BCUT2D eigenvalue weighted by molar-refractivity contribution is 0.634. The number of anilines is 3. The van der Waals surface area contributed by atoms with Crippen molar-refractivity contribution in [2.24, 2.45) is 0 Å². The third-order valence-corrected chi connectivity index (χ3v) is 3.53. The molecule has 0 radical (unpaired) electrons. The van der Waals surface area contributed by atoms with Crippen LogP contribution < -0.4 is 15.1 Å². The van der Waals surface area contributed by atoms with E-state index in [1.54, 1.807) is 18.7 Å². The quantitative estimate of drug-likeness (QED) is 0.915. The average Bonchev–Trinajstić information content (AvgIpc) is 2.55. The lowest BCUT2D eigenvalue weighted by Gasteiger charge is -2.35. The van der Waals surface area contributed by atoms with E-state index in [1.165, 1.54) is 0 Å². The molecule has 0 aromatic carbocycles. The summed E-state index contributed by atoms with van der Waals surface area (Å²) >= 11 is 0. The largest absolute Gasteiger partial charge is 0.368 e. The summed E-state index contributed by atoms with van der Waals surface area (Å²) in [5.41, 5.74) is 0. The van der Waals surface area contributed by atoms with Crippen molar-refractivity contribution in [1.29, 1.82) is 0 Å². The fourth-order valence-corrected chi connectivity index (χ4v) is 2.48. The van der Waals surface area contributed by atoms with Gasteiger partial charge in [-0.2, -0.15) is 0 Å². The Morgan fingerprint density at radius 3 is 2.32 bits per heavy atom. The highest BCUT2D eigenvalue weighted by molar-refractivity contribution is 5.50. The van der Waals surface area contributed by atoms with Gasteiger partial charge < -0.3 is 15.1 Å². The molecule has 7 heteroatoms. The summed E-state index contributed by atoms with van der Waals surface area (Å²) in [4.78, 5) is 21.7. The zero-order valence-corrected chi connectivity index (χ0v) is 13.0. The first kappa shape index (κ1) is 14.5. The molecular formula is C15H21N7. The van der Waals surface area contributed by atoms with Gasteiger partial charge in [-0.05, 0) is 19.9 Å². The minimum absolute atomic E-state index is 0.356.